The number of nitrogens with zero attached hydrogens (tertiary/aromatic N) is 1. The molecule has 2 N–H and O–H groups in total. The van der Waals surface area contributed by atoms with Crippen molar-refractivity contribution in [1.82, 2.24) is 4.90 Å². The molecule has 2 rings (SSSR count). The molecule has 1 aliphatic heterocycles. The Morgan fingerprint density at radius 3 is 2.70 bits per heavy atom. The SMILES string of the molecule is Cc1cc(Br)ccc1C(=O)N1CCCC(O)(C(=O)O)C1. The zero-order chi connectivity index (χ0) is 14.9. The normalized spacial score (nSPS) is 22.6. The van der Waals surface area contributed by atoms with Crippen LogP contribution in [0.15, 0.2) is 22.7 Å². The first kappa shape index (κ1) is 15.0. The smallest absolute Gasteiger partial charge is 0.337 e. The molecule has 1 unspecified atom stereocenters. The van der Waals surface area contributed by atoms with Crippen molar-refractivity contribution in [3.8, 4) is 0 Å². The summed E-state index contributed by atoms with van der Waals surface area (Å²) in [6.45, 7) is 2.12. The lowest BCUT2D eigenvalue weighted by Crippen LogP contribution is -2.54. The highest BCUT2D eigenvalue weighted by Crippen LogP contribution is 2.24. The summed E-state index contributed by atoms with van der Waals surface area (Å²) in [5.41, 5.74) is -0.492. The molecule has 1 aliphatic rings. The highest BCUT2D eigenvalue weighted by molar-refractivity contribution is 9.10. The van der Waals surface area contributed by atoms with Gasteiger partial charge < -0.3 is 15.1 Å². The molecule has 1 aromatic carbocycles. The van der Waals surface area contributed by atoms with E-state index in [4.69, 9.17) is 5.11 Å². The Kier molecular flexibility index (Phi) is 4.15. The number of aliphatic carboxylic acids is 1. The molecule has 0 aliphatic carbocycles. The van der Waals surface area contributed by atoms with Crippen molar-refractivity contribution >= 4 is 27.8 Å². The first-order chi connectivity index (χ1) is 9.33. The number of likely N-dealkylation sites (tertiary alicyclic amines) is 1. The summed E-state index contributed by atoms with van der Waals surface area (Å²) in [5.74, 6) is -1.52. The van der Waals surface area contributed by atoms with Crippen LogP contribution in [0.2, 0.25) is 0 Å². The Labute approximate surface area is 125 Å². The average molecular weight is 342 g/mol. The molecule has 0 spiro atoms. The molecule has 0 aromatic heterocycles. The van der Waals surface area contributed by atoms with Crippen LogP contribution in [-0.2, 0) is 4.79 Å². The molecule has 1 fully saturated rings. The van der Waals surface area contributed by atoms with E-state index in [0.717, 1.165) is 10.0 Å². The Hall–Kier alpha value is -1.40. The van der Waals surface area contributed by atoms with Crippen molar-refractivity contribution in [2.24, 2.45) is 0 Å². The Morgan fingerprint density at radius 2 is 2.10 bits per heavy atom. The average Bonchev–Trinajstić information content (AvgIpc) is 2.38. The highest BCUT2D eigenvalue weighted by atomic mass is 79.9. The number of β-amino-alcohol motifs (C(OH)–C–C–N with tert-alkyl or cyclic N) is 1. The molecule has 1 amide bonds. The summed E-state index contributed by atoms with van der Waals surface area (Å²) in [5, 5.41) is 19.1. The van der Waals surface area contributed by atoms with Gasteiger partial charge in [0.05, 0.1) is 6.54 Å². The van der Waals surface area contributed by atoms with Crippen LogP contribution in [0.3, 0.4) is 0 Å². The van der Waals surface area contributed by atoms with Gasteiger partial charge in [-0.1, -0.05) is 15.9 Å². The monoisotopic (exact) mass is 341 g/mol. The molecule has 108 valence electrons. The van der Waals surface area contributed by atoms with Gasteiger partial charge in [-0.05, 0) is 43.5 Å². The van der Waals surface area contributed by atoms with E-state index in [2.05, 4.69) is 15.9 Å². The number of rotatable bonds is 2. The molecule has 1 saturated heterocycles. The molecule has 1 aromatic rings. The van der Waals surface area contributed by atoms with Crippen molar-refractivity contribution in [3.05, 3.63) is 33.8 Å². The lowest BCUT2D eigenvalue weighted by Gasteiger charge is -2.36. The van der Waals surface area contributed by atoms with E-state index in [-0.39, 0.29) is 18.9 Å². The van der Waals surface area contributed by atoms with Crippen LogP contribution in [0.5, 0.6) is 0 Å². The lowest BCUT2D eigenvalue weighted by atomic mass is 9.92. The van der Waals surface area contributed by atoms with Crippen molar-refractivity contribution in [2.45, 2.75) is 25.4 Å². The van der Waals surface area contributed by atoms with E-state index < -0.39 is 11.6 Å². The van der Waals surface area contributed by atoms with Crippen LogP contribution in [0.1, 0.15) is 28.8 Å². The predicted octanol–water partition coefficient (Wildman–Crippen LogP) is 1.81. The van der Waals surface area contributed by atoms with Crippen LogP contribution in [0.4, 0.5) is 0 Å². The number of aliphatic hydroxyl groups is 1. The molecule has 20 heavy (non-hydrogen) atoms. The maximum atomic E-state index is 12.4. The van der Waals surface area contributed by atoms with E-state index in [1.807, 2.05) is 13.0 Å². The van der Waals surface area contributed by atoms with Crippen molar-refractivity contribution in [2.75, 3.05) is 13.1 Å². The van der Waals surface area contributed by atoms with Crippen molar-refractivity contribution in [3.63, 3.8) is 0 Å². The molecule has 0 bridgehead atoms. The predicted molar refractivity (Wildman–Crippen MR) is 76.6 cm³/mol. The summed E-state index contributed by atoms with van der Waals surface area (Å²) >= 11 is 3.34. The Balaban J connectivity index is 2.23. The largest absolute Gasteiger partial charge is 0.479 e. The Morgan fingerprint density at radius 1 is 1.40 bits per heavy atom. The number of hydrogen-bond donors (Lipinski definition) is 2. The minimum absolute atomic E-state index is 0.170. The van der Waals surface area contributed by atoms with E-state index >= 15 is 0 Å². The molecule has 1 atom stereocenters. The van der Waals surface area contributed by atoms with Crippen LogP contribution < -0.4 is 0 Å². The van der Waals surface area contributed by atoms with Gasteiger partial charge in [0.2, 0.25) is 0 Å². The second kappa shape index (κ2) is 5.54. The number of aryl methyl sites for hydroxylation is 1. The minimum atomic E-state index is -1.84. The van der Waals surface area contributed by atoms with Crippen molar-refractivity contribution < 1.29 is 19.8 Å². The van der Waals surface area contributed by atoms with E-state index in [9.17, 15) is 14.7 Å². The summed E-state index contributed by atoms with van der Waals surface area (Å²) in [6, 6.07) is 5.31. The summed E-state index contributed by atoms with van der Waals surface area (Å²) in [7, 11) is 0. The second-order valence-electron chi connectivity index (χ2n) is 5.13. The quantitative estimate of drug-likeness (QED) is 0.859. The first-order valence-corrected chi connectivity index (χ1v) is 7.14. The zero-order valence-corrected chi connectivity index (χ0v) is 12.7. The summed E-state index contributed by atoms with van der Waals surface area (Å²) in [6.07, 6.45) is 0.648. The van der Waals surface area contributed by atoms with Gasteiger partial charge >= 0.3 is 5.97 Å². The van der Waals surface area contributed by atoms with Crippen LogP contribution >= 0.6 is 15.9 Å². The number of hydrogen-bond acceptors (Lipinski definition) is 3. The van der Waals surface area contributed by atoms with Gasteiger partial charge in [0.25, 0.3) is 5.91 Å². The molecule has 5 nitrogen and oxygen atoms in total. The number of carboxylic acids is 1. The minimum Gasteiger partial charge on any atom is -0.479 e. The van der Waals surface area contributed by atoms with E-state index in [0.29, 0.717) is 18.5 Å². The number of piperidine rings is 1. The van der Waals surface area contributed by atoms with Crippen LogP contribution in [0, 0.1) is 6.92 Å². The molecular formula is C14H16BrNO4. The van der Waals surface area contributed by atoms with E-state index in [1.165, 1.54) is 4.90 Å². The molecule has 0 radical (unpaired) electrons. The zero-order valence-electron chi connectivity index (χ0n) is 11.1. The van der Waals surface area contributed by atoms with Gasteiger partial charge in [0.1, 0.15) is 0 Å². The number of carboxylic acid groups (broad SMARTS) is 1. The van der Waals surface area contributed by atoms with Gasteiger partial charge in [0, 0.05) is 16.6 Å². The number of carbonyl (C=O) groups is 2. The number of halogens is 1. The van der Waals surface area contributed by atoms with Gasteiger partial charge in [-0.2, -0.15) is 0 Å². The number of benzene rings is 1. The number of amides is 1. The van der Waals surface area contributed by atoms with Gasteiger partial charge in [0.15, 0.2) is 5.60 Å². The molecule has 1 heterocycles. The topological polar surface area (TPSA) is 77.8 Å². The van der Waals surface area contributed by atoms with Crippen molar-refractivity contribution in [1.29, 1.82) is 0 Å². The van der Waals surface area contributed by atoms with Gasteiger partial charge in [-0.15, -0.1) is 0 Å². The second-order valence-corrected chi connectivity index (χ2v) is 6.04. The standard InChI is InChI=1S/C14H16BrNO4/c1-9-7-10(15)3-4-11(9)12(17)16-6-2-5-14(20,8-16)13(18)19/h3-4,7,20H,2,5-6,8H2,1H3,(H,18,19). The Bertz CT molecular complexity index is 560. The molecule has 0 saturated carbocycles. The number of carbonyl (C=O) groups excluding carboxylic acids is 1. The summed E-state index contributed by atoms with van der Waals surface area (Å²) in [4.78, 5) is 25.0. The fourth-order valence-corrected chi connectivity index (χ4v) is 2.90. The first-order valence-electron chi connectivity index (χ1n) is 6.35. The fraction of sp³-hybridized carbons (Fsp3) is 0.429. The summed E-state index contributed by atoms with van der Waals surface area (Å²) < 4.78 is 0.882. The highest BCUT2D eigenvalue weighted by Gasteiger charge is 2.42. The van der Waals surface area contributed by atoms with Gasteiger partial charge in [-0.25, -0.2) is 4.79 Å². The maximum Gasteiger partial charge on any atom is 0.337 e. The lowest BCUT2D eigenvalue weighted by molar-refractivity contribution is -0.163. The van der Waals surface area contributed by atoms with Crippen LogP contribution in [-0.4, -0.2) is 45.7 Å². The van der Waals surface area contributed by atoms with Crippen LogP contribution in [0.25, 0.3) is 0 Å². The van der Waals surface area contributed by atoms with E-state index in [1.54, 1.807) is 12.1 Å². The maximum absolute atomic E-state index is 12.4. The third-order valence-corrected chi connectivity index (χ3v) is 4.07. The third-order valence-electron chi connectivity index (χ3n) is 3.57. The molecule has 6 heteroatoms. The third kappa shape index (κ3) is 2.86. The fourth-order valence-electron chi connectivity index (χ4n) is 2.42. The molecular weight excluding hydrogens is 326 g/mol. The van der Waals surface area contributed by atoms with Gasteiger partial charge in [-0.3, -0.25) is 4.79 Å².